The molecule has 0 spiro atoms. The van der Waals surface area contributed by atoms with Crippen molar-refractivity contribution in [2.45, 2.75) is 43.3 Å². The standard InChI is InChI=1S/C12H15F3N2O4S/c1-2-21-11(18)10-7(5-13)8(6-16-10)22(19,20)17-9-3-4-12(9,14)15/h6,9,16-17H,2-5H2,1H3. The minimum Gasteiger partial charge on any atom is -0.461 e. The van der Waals surface area contributed by atoms with Gasteiger partial charge in [-0.2, -0.15) is 0 Å². The van der Waals surface area contributed by atoms with E-state index in [-0.39, 0.29) is 18.7 Å². The van der Waals surface area contributed by atoms with Crippen molar-refractivity contribution in [3.8, 4) is 0 Å². The average molecular weight is 340 g/mol. The van der Waals surface area contributed by atoms with Gasteiger partial charge in [-0.15, -0.1) is 0 Å². The molecule has 0 radical (unpaired) electrons. The smallest absolute Gasteiger partial charge is 0.355 e. The Morgan fingerprint density at radius 2 is 2.23 bits per heavy atom. The highest BCUT2D eigenvalue weighted by Gasteiger charge is 2.50. The summed E-state index contributed by atoms with van der Waals surface area (Å²) in [6, 6.07) is -1.52. The maximum atomic E-state index is 13.2. The van der Waals surface area contributed by atoms with Gasteiger partial charge in [0.25, 0.3) is 5.92 Å². The number of hydrogen-bond donors (Lipinski definition) is 2. The molecule has 1 aromatic rings. The number of esters is 1. The maximum Gasteiger partial charge on any atom is 0.355 e. The fourth-order valence-electron chi connectivity index (χ4n) is 2.10. The zero-order valence-electron chi connectivity index (χ0n) is 11.7. The van der Waals surface area contributed by atoms with Crippen molar-refractivity contribution in [3.63, 3.8) is 0 Å². The minimum absolute atomic E-state index is 0.00759. The molecule has 1 aliphatic rings. The normalized spacial score (nSPS) is 20.5. The third kappa shape index (κ3) is 2.98. The molecule has 0 saturated heterocycles. The van der Waals surface area contributed by atoms with Gasteiger partial charge in [0.1, 0.15) is 17.3 Å². The third-order valence-electron chi connectivity index (χ3n) is 3.42. The second-order valence-corrected chi connectivity index (χ2v) is 6.52. The van der Waals surface area contributed by atoms with Gasteiger partial charge < -0.3 is 9.72 Å². The van der Waals surface area contributed by atoms with E-state index in [1.807, 2.05) is 4.72 Å². The first-order chi connectivity index (χ1) is 10.2. The molecule has 1 aromatic heterocycles. The van der Waals surface area contributed by atoms with Crippen molar-refractivity contribution in [2.24, 2.45) is 0 Å². The molecule has 1 heterocycles. The second-order valence-electron chi connectivity index (χ2n) is 4.83. The highest BCUT2D eigenvalue weighted by molar-refractivity contribution is 7.89. The van der Waals surface area contributed by atoms with E-state index in [1.54, 1.807) is 0 Å². The molecule has 10 heteroatoms. The number of nitrogens with one attached hydrogen (secondary N) is 2. The number of sulfonamides is 1. The number of H-pyrrole nitrogens is 1. The van der Waals surface area contributed by atoms with Gasteiger partial charge in [-0.1, -0.05) is 0 Å². The molecule has 1 atom stereocenters. The van der Waals surface area contributed by atoms with Crippen LogP contribution in [0.1, 0.15) is 35.8 Å². The fraction of sp³-hybridized carbons (Fsp3) is 0.583. The largest absolute Gasteiger partial charge is 0.461 e. The number of halogens is 3. The monoisotopic (exact) mass is 340 g/mol. The van der Waals surface area contributed by atoms with Crippen LogP contribution >= 0.6 is 0 Å². The summed E-state index contributed by atoms with van der Waals surface area (Å²) in [6.07, 6.45) is 0.476. The first-order valence-electron chi connectivity index (χ1n) is 6.56. The number of carbonyl (C=O) groups excluding carboxylic acids is 1. The zero-order valence-corrected chi connectivity index (χ0v) is 12.5. The summed E-state index contributed by atoms with van der Waals surface area (Å²) >= 11 is 0. The Balaban J connectivity index is 2.30. The molecule has 1 saturated carbocycles. The van der Waals surface area contributed by atoms with Gasteiger partial charge in [-0.3, -0.25) is 0 Å². The predicted octanol–water partition coefficient (Wildman–Crippen LogP) is 1.74. The van der Waals surface area contributed by atoms with Crippen LogP contribution in [0.3, 0.4) is 0 Å². The minimum atomic E-state index is -4.37. The van der Waals surface area contributed by atoms with Crippen LogP contribution in [0.25, 0.3) is 0 Å². The number of rotatable bonds is 6. The number of aromatic nitrogens is 1. The predicted molar refractivity (Wildman–Crippen MR) is 69.9 cm³/mol. The van der Waals surface area contributed by atoms with E-state index in [2.05, 4.69) is 9.72 Å². The molecular formula is C12H15F3N2O4S. The summed E-state index contributed by atoms with van der Waals surface area (Å²) < 4.78 is 70.2. The van der Waals surface area contributed by atoms with Crippen LogP contribution in [0.4, 0.5) is 13.2 Å². The van der Waals surface area contributed by atoms with E-state index in [0.717, 1.165) is 6.20 Å². The molecule has 0 amide bonds. The van der Waals surface area contributed by atoms with Crippen molar-refractivity contribution >= 4 is 16.0 Å². The van der Waals surface area contributed by atoms with Gasteiger partial charge in [0.15, 0.2) is 0 Å². The van der Waals surface area contributed by atoms with Gasteiger partial charge in [-0.25, -0.2) is 31.1 Å². The maximum absolute atomic E-state index is 13.2. The summed E-state index contributed by atoms with van der Waals surface area (Å²) in [5.74, 6) is -4.03. The van der Waals surface area contributed by atoms with E-state index in [0.29, 0.717) is 0 Å². The summed E-state index contributed by atoms with van der Waals surface area (Å²) in [4.78, 5) is 13.4. The number of ether oxygens (including phenoxy) is 1. The first kappa shape index (κ1) is 16.8. The molecule has 1 fully saturated rings. The van der Waals surface area contributed by atoms with Gasteiger partial charge in [0.05, 0.1) is 12.6 Å². The lowest BCUT2D eigenvalue weighted by molar-refractivity contribution is -0.0979. The Hall–Kier alpha value is -1.55. The Kier molecular flexibility index (Phi) is 4.52. The molecule has 6 nitrogen and oxygen atoms in total. The topological polar surface area (TPSA) is 88.3 Å². The van der Waals surface area contributed by atoms with Gasteiger partial charge in [0.2, 0.25) is 10.0 Å². The quantitative estimate of drug-likeness (QED) is 0.772. The highest BCUT2D eigenvalue weighted by atomic mass is 32.2. The van der Waals surface area contributed by atoms with E-state index in [4.69, 9.17) is 0 Å². The second kappa shape index (κ2) is 5.92. The summed E-state index contributed by atoms with van der Waals surface area (Å²) in [5, 5.41) is 0. The molecule has 124 valence electrons. The van der Waals surface area contributed by atoms with Gasteiger partial charge in [0, 0.05) is 18.2 Å². The molecule has 1 aliphatic carbocycles. The lowest BCUT2D eigenvalue weighted by Crippen LogP contribution is -2.54. The molecule has 0 bridgehead atoms. The summed E-state index contributed by atoms with van der Waals surface area (Å²) in [6.45, 7) is 0.307. The Morgan fingerprint density at radius 3 is 2.68 bits per heavy atom. The number of alkyl halides is 3. The zero-order chi connectivity index (χ0) is 16.5. The van der Waals surface area contributed by atoms with Crippen molar-refractivity contribution in [2.75, 3.05) is 6.61 Å². The molecule has 0 aliphatic heterocycles. The molecular weight excluding hydrogens is 325 g/mol. The van der Waals surface area contributed by atoms with Gasteiger partial charge in [-0.05, 0) is 13.3 Å². The Bertz CT molecular complexity index is 672. The van der Waals surface area contributed by atoms with Crippen LogP contribution in [0.2, 0.25) is 0 Å². The van der Waals surface area contributed by atoms with Crippen molar-refractivity contribution in [1.82, 2.24) is 9.71 Å². The van der Waals surface area contributed by atoms with Crippen LogP contribution in [0, 0.1) is 0 Å². The molecule has 22 heavy (non-hydrogen) atoms. The SMILES string of the molecule is CCOC(=O)c1[nH]cc(S(=O)(=O)NC2CCC2(F)F)c1CF. The van der Waals surface area contributed by atoms with Crippen LogP contribution in [0.5, 0.6) is 0 Å². The van der Waals surface area contributed by atoms with Crippen LogP contribution in [-0.4, -0.2) is 37.9 Å². The summed E-state index contributed by atoms with van der Waals surface area (Å²) in [5.41, 5.74) is -0.779. The lowest BCUT2D eigenvalue weighted by Gasteiger charge is -2.36. The lowest BCUT2D eigenvalue weighted by atomic mass is 9.89. The van der Waals surface area contributed by atoms with E-state index >= 15 is 0 Å². The Labute approximate surface area is 125 Å². The van der Waals surface area contributed by atoms with Crippen LogP contribution in [0.15, 0.2) is 11.1 Å². The highest BCUT2D eigenvalue weighted by Crippen LogP contribution is 2.38. The van der Waals surface area contributed by atoms with E-state index < -0.39 is 51.5 Å². The fourth-order valence-corrected chi connectivity index (χ4v) is 3.58. The first-order valence-corrected chi connectivity index (χ1v) is 8.04. The third-order valence-corrected chi connectivity index (χ3v) is 4.96. The number of hydrogen-bond acceptors (Lipinski definition) is 4. The van der Waals surface area contributed by atoms with E-state index in [9.17, 15) is 26.4 Å². The van der Waals surface area contributed by atoms with Gasteiger partial charge >= 0.3 is 5.97 Å². The summed E-state index contributed by atoms with van der Waals surface area (Å²) in [7, 11) is -4.37. The Morgan fingerprint density at radius 1 is 1.55 bits per heavy atom. The average Bonchev–Trinajstić information content (AvgIpc) is 2.89. The molecule has 2 rings (SSSR count). The molecule has 2 N–H and O–H groups in total. The number of carbonyl (C=O) groups is 1. The van der Waals surface area contributed by atoms with E-state index in [1.165, 1.54) is 6.92 Å². The van der Waals surface area contributed by atoms with Crippen LogP contribution in [-0.2, 0) is 21.4 Å². The van der Waals surface area contributed by atoms with Crippen molar-refractivity contribution < 1.29 is 31.1 Å². The molecule has 1 unspecified atom stereocenters. The number of aromatic amines is 1. The van der Waals surface area contributed by atoms with Crippen molar-refractivity contribution in [1.29, 1.82) is 0 Å². The molecule has 0 aromatic carbocycles. The van der Waals surface area contributed by atoms with Crippen molar-refractivity contribution in [3.05, 3.63) is 17.5 Å². The van der Waals surface area contributed by atoms with Crippen LogP contribution < -0.4 is 4.72 Å².